The summed E-state index contributed by atoms with van der Waals surface area (Å²) in [5.74, 6) is -2.36. The largest absolute Gasteiger partial charge is 0.481 e. The summed E-state index contributed by atoms with van der Waals surface area (Å²) in [4.78, 5) is 11.0. The number of carboxylic acids is 1. The average Bonchev–Trinajstić information content (AvgIpc) is 2.26. The van der Waals surface area contributed by atoms with E-state index in [9.17, 15) is 23.1 Å². The average molecular weight is 260 g/mol. The summed E-state index contributed by atoms with van der Waals surface area (Å²) in [6.45, 7) is 0. The third-order valence-electron chi connectivity index (χ3n) is 3.17. The van der Waals surface area contributed by atoms with E-state index in [1.807, 2.05) is 0 Å². The Balaban J connectivity index is 2.47. The number of rotatable bonds is 1. The fourth-order valence-electron chi connectivity index (χ4n) is 2.28. The van der Waals surface area contributed by atoms with Gasteiger partial charge in [0.1, 0.15) is 5.92 Å². The minimum Gasteiger partial charge on any atom is -0.481 e. The zero-order valence-corrected chi connectivity index (χ0v) is 9.24. The predicted molar refractivity (Wildman–Crippen MR) is 56.1 cm³/mol. The monoisotopic (exact) mass is 260 g/mol. The molecule has 1 aromatic rings. The van der Waals surface area contributed by atoms with E-state index in [1.165, 1.54) is 0 Å². The number of hydrogen-bond donors (Lipinski definition) is 2. The first-order valence-electron chi connectivity index (χ1n) is 5.41. The van der Waals surface area contributed by atoms with E-state index < -0.39 is 29.7 Å². The SMILES string of the molecule is O=C(O)C1c2ccc(C(F)(F)F)cc2CCC1O. The Labute approximate surface area is 101 Å². The second-order valence-electron chi connectivity index (χ2n) is 4.33. The molecule has 0 aliphatic heterocycles. The van der Waals surface area contributed by atoms with Gasteiger partial charge in [-0.15, -0.1) is 0 Å². The Bertz CT molecular complexity index is 482. The van der Waals surface area contributed by atoms with E-state index in [1.54, 1.807) is 0 Å². The highest BCUT2D eigenvalue weighted by Crippen LogP contribution is 2.36. The van der Waals surface area contributed by atoms with Crippen LogP contribution >= 0.6 is 0 Å². The van der Waals surface area contributed by atoms with Gasteiger partial charge < -0.3 is 10.2 Å². The number of aliphatic carboxylic acids is 1. The van der Waals surface area contributed by atoms with Gasteiger partial charge in [-0.25, -0.2) is 0 Å². The number of aliphatic hydroxyl groups excluding tert-OH is 1. The standard InChI is InChI=1S/C12H11F3O3/c13-12(14,15)7-2-3-8-6(5-7)1-4-9(16)10(8)11(17)18/h2-3,5,9-10,16H,1,4H2,(H,17,18). The van der Waals surface area contributed by atoms with E-state index in [-0.39, 0.29) is 18.4 Å². The minimum absolute atomic E-state index is 0.158. The van der Waals surface area contributed by atoms with Crippen LogP contribution in [-0.2, 0) is 17.4 Å². The summed E-state index contributed by atoms with van der Waals surface area (Å²) in [7, 11) is 0. The van der Waals surface area contributed by atoms with E-state index in [0.29, 0.717) is 5.56 Å². The van der Waals surface area contributed by atoms with Crippen LogP contribution in [0.2, 0.25) is 0 Å². The van der Waals surface area contributed by atoms with Crippen molar-refractivity contribution in [3.63, 3.8) is 0 Å². The second kappa shape index (κ2) is 4.28. The number of benzene rings is 1. The van der Waals surface area contributed by atoms with Crippen molar-refractivity contribution < 1.29 is 28.2 Å². The van der Waals surface area contributed by atoms with Gasteiger partial charge in [-0.05, 0) is 36.1 Å². The van der Waals surface area contributed by atoms with Crippen LogP contribution in [0.5, 0.6) is 0 Å². The van der Waals surface area contributed by atoms with Crippen LogP contribution in [-0.4, -0.2) is 22.3 Å². The summed E-state index contributed by atoms with van der Waals surface area (Å²) in [6, 6.07) is 2.98. The van der Waals surface area contributed by atoms with Gasteiger partial charge in [0.15, 0.2) is 0 Å². The van der Waals surface area contributed by atoms with Crippen LogP contribution in [0.1, 0.15) is 29.0 Å². The summed E-state index contributed by atoms with van der Waals surface area (Å²) in [6.07, 6.45) is -5.08. The van der Waals surface area contributed by atoms with E-state index >= 15 is 0 Å². The fraction of sp³-hybridized carbons (Fsp3) is 0.417. The first-order valence-corrected chi connectivity index (χ1v) is 5.41. The first-order chi connectivity index (χ1) is 8.30. The molecule has 0 amide bonds. The molecule has 0 saturated heterocycles. The van der Waals surface area contributed by atoms with Gasteiger partial charge in [-0.2, -0.15) is 13.2 Å². The van der Waals surface area contributed by atoms with Crippen LogP contribution in [0, 0.1) is 0 Å². The second-order valence-corrected chi connectivity index (χ2v) is 4.33. The van der Waals surface area contributed by atoms with E-state index in [4.69, 9.17) is 5.11 Å². The van der Waals surface area contributed by atoms with Crippen LogP contribution in [0.4, 0.5) is 13.2 Å². The molecule has 2 N–H and O–H groups in total. The molecule has 98 valence electrons. The third-order valence-corrected chi connectivity index (χ3v) is 3.17. The Morgan fingerprint density at radius 1 is 1.33 bits per heavy atom. The van der Waals surface area contributed by atoms with Gasteiger partial charge in [0.2, 0.25) is 0 Å². The number of alkyl halides is 3. The lowest BCUT2D eigenvalue weighted by Crippen LogP contribution is -2.31. The van der Waals surface area contributed by atoms with Crippen molar-refractivity contribution in [2.24, 2.45) is 0 Å². The molecule has 3 nitrogen and oxygen atoms in total. The van der Waals surface area contributed by atoms with Gasteiger partial charge in [0, 0.05) is 0 Å². The van der Waals surface area contributed by atoms with Crippen LogP contribution in [0.15, 0.2) is 18.2 Å². The van der Waals surface area contributed by atoms with Gasteiger partial charge in [0.05, 0.1) is 11.7 Å². The lowest BCUT2D eigenvalue weighted by Gasteiger charge is -2.27. The van der Waals surface area contributed by atoms with Gasteiger partial charge in [-0.3, -0.25) is 4.79 Å². The van der Waals surface area contributed by atoms with Crippen molar-refractivity contribution in [1.82, 2.24) is 0 Å². The molecule has 0 bridgehead atoms. The molecule has 0 heterocycles. The topological polar surface area (TPSA) is 57.5 Å². The predicted octanol–water partition coefficient (Wildman–Crippen LogP) is 2.18. The number of fused-ring (bicyclic) bond motifs is 1. The highest BCUT2D eigenvalue weighted by molar-refractivity contribution is 5.78. The Kier molecular flexibility index (Phi) is 3.06. The van der Waals surface area contributed by atoms with Crippen LogP contribution < -0.4 is 0 Å². The number of halogens is 3. The molecule has 2 unspecified atom stereocenters. The molecular weight excluding hydrogens is 249 g/mol. The molecule has 0 fully saturated rings. The molecule has 6 heteroatoms. The van der Waals surface area contributed by atoms with E-state index in [0.717, 1.165) is 18.2 Å². The quantitative estimate of drug-likeness (QED) is 0.813. The van der Waals surface area contributed by atoms with Crippen molar-refractivity contribution in [2.75, 3.05) is 0 Å². The van der Waals surface area contributed by atoms with Gasteiger partial charge >= 0.3 is 12.1 Å². The zero-order valence-electron chi connectivity index (χ0n) is 9.24. The molecule has 0 spiro atoms. The Morgan fingerprint density at radius 3 is 2.56 bits per heavy atom. The summed E-state index contributed by atoms with van der Waals surface area (Å²) in [5, 5.41) is 18.6. The Morgan fingerprint density at radius 2 is 2.00 bits per heavy atom. The summed E-state index contributed by atoms with van der Waals surface area (Å²) >= 11 is 0. The lowest BCUT2D eigenvalue weighted by atomic mass is 9.80. The minimum atomic E-state index is -4.44. The van der Waals surface area contributed by atoms with Crippen molar-refractivity contribution in [1.29, 1.82) is 0 Å². The molecule has 2 atom stereocenters. The summed E-state index contributed by atoms with van der Waals surface area (Å²) < 4.78 is 37.6. The van der Waals surface area contributed by atoms with Crippen LogP contribution in [0.25, 0.3) is 0 Å². The van der Waals surface area contributed by atoms with Crippen molar-refractivity contribution in [3.8, 4) is 0 Å². The van der Waals surface area contributed by atoms with Crippen molar-refractivity contribution >= 4 is 5.97 Å². The maximum atomic E-state index is 12.5. The molecule has 2 rings (SSSR count). The van der Waals surface area contributed by atoms with E-state index in [2.05, 4.69) is 0 Å². The lowest BCUT2D eigenvalue weighted by molar-refractivity contribution is -0.142. The molecule has 1 aromatic carbocycles. The van der Waals surface area contributed by atoms with Gasteiger partial charge in [-0.1, -0.05) is 6.07 Å². The maximum Gasteiger partial charge on any atom is 0.416 e. The first kappa shape index (κ1) is 12.9. The summed E-state index contributed by atoms with van der Waals surface area (Å²) in [5.41, 5.74) is -0.168. The maximum absolute atomic E-state index is 12.5. The number of aryl methyl sites for hydroxylation is 1. The Hall–Kier alpha value is -1.56. The fourth-order valence-corrected chi connectivity index (χ4v) is 2.28. The normalized spacial score (nSPS) is 23.6. The number of carbonyl (C=O) groups is 1. The molecule has 0 saturated carbocycles. The zero-order chi connectivity index (χ0) is 13.5. The molecule has 18 heavy (non-hydrogen) atoms. The molecular formula is C12H11F3O3. The third kappa shape index (κ3) is 2.20. The molecule has 0 radical (unpaired) electrons. The number of aliphatic hydroxyl groups is 1. The molecule has 1 aliphatic rings. The van der Waals surface area contributed by atoms with Crippen LogP contribution in [0.3, 0.4) is 0 Å². The number of hydrogen-bond acceptors (Lipinski definition) is 2. The molecule has 1 aliphatic carbocycles. The molecule has 0 aromatic heterocycles. The van der Waals surface area contributed by atoms with Crippen molar-refractivity contribution in [3.05, 3.63) is 34.9 Å². The highest BCUT2D eigenvalue weighted by atomic mass is 19.4. The number of carboxylic acid groups (broad SMARTS) is 1. The highest BCUT2D eigenvalue weighted by Gasteiger charge is 2.36. The smallest absolute Gasteiger partial charge is 0.416 e. The van der Waals surface area contributed by atoms with Crippen molar-refractivity contribution in [2.45, 2.75) is 31.0 Å². The van der Waals surface area contributed by atoms with Gasteiger partial charge in [0.25, 0.3) is 0 Å².